The predicted molar refractivity (Wildman–Crippen MR) is 89.6 cm³/mol. The third-order valence-corrected chi connectivity index (χ3v) is 5.14. The fraction of sp³-hybridized carbons (Fsp3) is 0.353. The molecule has 0 radical (unpaired) electrons. The van der Waals surface area contributed by atoms with E-state index in [9.17, 15) is 8.78 Å². The van der Waals surface area contributed by atoms with E-state index in [-0.39, 0.29) is 11.4 Å². The lowest BCUT2D eigenvalue weighted by molar-refractivity contribution is 0.497. The normalized spacial score (nSPS) is 19.0. The number of hydrogen-bond acceptors (Lipinski definition) is 5. The summed E-state index contributed by atoms with van der Waals surface area (Å²) < 4.78 is 27.4. The second-order valence-electron chi connectivity index (χ2n) is 6.71. The van der Waals surface area contributed by atoms with Crippen LogP contribution in [0.5, 0.6) is 0 Å². The molecular weight excluding hydrogens is 326 g/mol. The minimum Gasteiger partial charge on any atom is -0.345 e. The Morgan fingerprint density at radius 2 is 1.88 bits per heavy atom. The highest BCUT2D eigenvalue weighted by Crippen LogP contribution is 2.47. The quantitative estimate of drug-likeness (QED) is 0.775. The van der Waals surface area contributed by atoms with E-state index < -0.39 is 5.82 Å². The molecule has 5 rings (SSSR count). The summed E-state index contributed by atoms with van der Waals surface area (Å²) in [5.74, 6) is 0.499. The molecule has 6 nitrogen and oxygen atoms in total. The minimum atomic E-state index is -0.443. The number of halogens is 2. The van der Waals surface area contributed by atoms with E-state index >= 15 is 0 Å². The van der Waals surface area contributed by atoms with Crippen LogP contribution < -0.4 is 9.80 Å². The number of rotatable bonds is 2. The minimum absolute atomic E-state index is 0.0829. The van der Waals surface area contributed by atoms with Gasteiger partial charge in [0.05, 0.1) is 28.8 Å². The molecule has 2 fully saturated rings. The van der Waals surface area contributed by atoms with Crippen LogP contribution in [-0.4, -0.2) is 45.3 Å². The number of benzene rings is 1. The maximum absolute atomic E-state index is 14.3. The van der Waals surface area contributed by atoms with Crippen molar-refractivity contribution in [2.45, 2.75) is 18.4 Å². The average Bonchev–Trinajstić information content (AvgIpc) is 3.23. The highest BCUT2D eigenvalue weighted by Gasteiger charge is 2.53. The Bertz CT molecular complexity index is 934. The van der Waals surface area contributed by atoms with Crippen molar-refractivity contribution in [3.05, 3.63) is 42.2 Å². The Labute approximate surface area is 142 Å². The van der Waals surface area contributed by atoms with E-state index in [1.54, 1.807) is 6.07 Å². The Morgan fingerprint density at radius 1 is 1.08 bits per heavy atom. The molecule has 0 atom stereocenters. The zero-order chi connectivity index (χ0) is 17.0. The first kappa shape index (κ1) is 14.6. The van der Waals surface area contributed by atoms with Crippen molar-refractivity contribution in [1.29, 1.82) is 0 Å². The number of anilines is 2. The smallest absolute Gasteiger partial charge is 0.225 e. The monoisotopic (exact) mass is 342 g/mol. The molecule has 1 aliphatic carbocycles. The van der Waals surface area contributed by atoms with Gasteiger partial charge in [0, 0.05) is 19.6 Å². The topological polar surface area (TPSA) is 60.9 Å². The summed E-state index contributed by atoms with van der Waals surface area (Å²) in [5, 5.41) is 7.86. The third kappa shape index (κ3) is 2.24. The lowest BCUT2D eigenvalue weighted by atomic mass is 10.1. The van der Waals surface area contributed by atoms with E-state index in [1.165, 1.54) is 18.5 Å². The summed E-state index contributed by atoms with van der Waals surface area (Å²) in [7, 11) is 0. The van der Waals surface area contributed by atoms with E-state index in [0.29, 0.717) is 35.8 Å². The molecule has 8 heteroatoms. The maximum atomic E-state index is 14.3. The summed E-state index contributed by atoms with van der Waals surface area (Å²) in [5.41, 5.74) is 0.621. The van der Waals surface area contributed by atoms with Gasteiger partial charge in [-0.1, -0.05) is 6.07 Å². The second-order valence-corrected chi connectivity index (χ2v) is 6.71. The molecule has 1 aliphatic heterocycles. The Kier molecular flexibility index (Phi) is 2.98. The zero-order valence-corrected chi connectivity index (χ0v) is 13.4. The van der Waals surface area contributed by atoms with Gasteiger partial charge < -0.3 is 9.80 Å². The summed E-state index contributed by atoms with van der Waals surface area (Å²) in [6, 6.07) is 4.97. The largest absolute Gasteiger partial charge is 0.345 e. The van der Waals surface area contributed by atoms with Gasteiger partial charge in [-0.2, -0.15) is 5.10 Å². The van der Waals surface area contributed by atoms with Gasteiger partial charge in [0.1, 0.15) is 5.82 Å². The number of aromatic amines is 1. The Hall–Kier alpha value is -2.77. The summed E-state index contributed by atoms with van der Waals surface area (Å²) in [6.07, 6.45) is 4.39. The maximum Gasteiger partial charge on any atom is 0.225 e. The van der Waals surface area contributed by atoms with Gasteiger partial charge in [-0.3, -0.25) is 5.10 Å². The number of hydrogen-bond donors (Lipinski definition) is 1. The lowest BCUT2D eigenvalue weighted by Crippen LogP contribution is -2.56. The first-order chi connectivity index (χ1) is 12.2. The molecule has 1 saturated heterocycles. The van der Waals surface area contributed by atoms with Crippen LogP contribution in [0.2, 0.25) is 0 Å². The standard InChI is InChI=1S/C17H16F2N6/c18-11-8-20-16(21-9-11)24-6-7-25(17(10-24)4-5-17)15-14-12(19)2-1-3-13(14)22-23-15/h1-3,8-9H,4-7,10H2,(H,22,23). The van der Waals surface area contributed by atoms with Gasteiger partial charge in [0.2, 0.25) is 5.95 Å². The van der Waals surface area contributed by atoms with Crippen LogP contribution >= 0.6 is 0 Å². The first-order valence-electron chi connectivity index (χ1n) is 8.29. The fourth-order valence-corrected chi connectivity index (χ4v) is 3.73. The van der Waals surface area contributed by atoms with Crippen LogP contribution in [0.1, 0.15) is 12.8 Å². The molecule has 1 aromatic carbocycles. The van der Waals surface area contributed by atoms with Crippen LogP contribution in [0.3, 0.4) is 0 Å². The third-order valence-electron chi connectivity index (χ3n) is 5.14. The molecule has 2 aromatic heterocycles. The van der Waals surface area contributed by atoms with Crippen LogP contribution in [-0.2, 0) is 0 Å². The summed E-state index contributed by atoms with van der Waals surface area (Å²) in [4.78, 5) is 12.4. The van der Waals surface area contributed by atoms with Crippen LogP contribution in [0.4, 0.5) is 20.5 Å². The molecule has 25 heavy (non-hydrogen) atoms. The molecule has 1 saturated carbocycles. The van der Waals surface area contributed by atoms with E-state index in [0.717, 1.165) is 19.4 Å². The van der Waals surface area contributed by atoms with Gasteiger partial charge in [-0.15, -0.1) is 0 Å². The Morgan fingerprint density at radius 3 is 2.64 bits per heavy atom. The molecule has 0 amide bonds. The van der Waals surface area contributed by atoms with Crippen molar-refractivity contribution >= 4 is 22.7 Å². The molecule has 2 aliphatic rings. The molecule has 1 spiro atoms. The molecule has 1 N–H and O–H groups in total. The van der Waals surface area contributed by atoms with Crippen LogP contribution in [0.25, 0.3) is 10.9 Å². The number of nitrogens with zero attached hydrogens (tertiary/aromatic N) is 5. The lowest BCUT2D eigenvalue weighted by Gasteiger charge is -2.42. The summed E-state index contributed by atoms with van der Waals surface area (Å²) in [6.45, 7) is 2.09. The van der Waals surface area contributed by atoms with Crippen molar-refractivity contribution < 1.29 is 8.78 Å². The van der Waals surface area contributed by atoms with E-state index in [2.05, 4.69) is 30.0 Å². The van der Waals surface area contributed by atoms with Crippen LogP contribution in [0.15, 0.2) is 30.6 Å². The highest BCUT2D eigenvalue weighted by molar-refractivity contribution is 5.91. The average molecular weight is 342 g/mol. The van der Waals surface area contributed by atoms with Gasteiger partial charge in [-0.05, 0) is 25.0 Å². The van der Waals surface area contributed by atoms with Gasteiger partial charge in [-0.25, -0.2) is 18.7 Å². The van der Waals surface area contributed by atoms with Crippen molar-refractivity contribution in [1.82, 2.24) is 20.2 Å². The number of H-pyrrole nitrogens is 1. The predicted octanol–water partition coefficient (Wildman–Crippen LogP) is 2.49. The second kappa shape index (κ2) is 5.11. The first-order valence-corrected chi connectivity index (χ1v) is 8.29. The van der Waals surface area contributed by atoms with Crippen molar-refractivity contribution in [3.8, 4) is 0 Å². The molecule has 3 aromatic rings. The summed E-state index contributed by atoms with van der Waals surface area (Å²) >= 11 is 0. The van der Waals surface area contributed by atoms with Crippen LogP contribution in [0, 0.1) is 11.6 Å². The number of piperazine rings is 1. The van der Waals surface area contributed by atoms with E-state index in [4.69, 9.17) is 0 Å². The number of fused-ring (bicyclic) bond motifs is 1. The van der Waals surface area contributed by atoms with Crippen molar-refractivity contribution in [3.63, 3.8) is 0 Å². The molecule has 3 heterocycles. The molecule has 0 unspecified atom stereocenters. The van der Waals surface area contributed by atoms with Crippen molar-refractivity contribution in [2.24, 2.45) is 0 Å². The molecular formula is C17H16F2N6. The van der Waals surface area contributed by atoms with E-state index in [1.807, 2.05) is 6.07 Å². The van der Waals surface area contributed by atoms with Gasteiger partial charge in [0.25, 0.3) is 0 Å². The Balaban J connectivity index is 1.48. The van der Waals surface area contributed by atoms with Gasteiger partial charge in [0.15, 0.2) is 11.6 Å². The van der Waals surface area contributed by atoms with Gasteiger partial charge >= 0.3 is 0 Å². The SMILES string of the molecule is Fc1cnc(N2CCN(c3n[nH]c4cccc(F)c34)C3(CC3)C2)nc1. The highest BCUT2D eigenvalue weighted by atomic mass is 19.1. The zero-order valence-electron chi connectivity index (χ0n) is 13.4. The number of aromatic nitrogens is 4. The molecule has 0 bridgehead atoms. The van der Waals surface area contributed by atoms with Crippen molar-refractivity contribution in [2.75, 3.05) is 29.4 Å². The molecule has 128 valence electrons. The number of nitrogens with one attached hydrogen (secondary N) is 1. The fourth-order valence-electron chi connectivity index (χ4n) is 3.73.